The summed E-state index contributed by atoms with van der Waals surface area (Å²) in [6, 6.07) is 11.1. The number of aliphatic hydroxyl groups excluding tert-OH is 1. The van der Waals surface area contributed by atoms with E-state index in [1.807, 2.05) is 0 Å². The monoisotopic (exact) mass is 569 g/mol. The van der Waals surface area contributed by atoms with Crippen molar-refractivity contribution in [3.05, 3.63) is 97.6 Å². The fourth-order valence-corrected chi connectivity index (χ4v) is 6.74. The number of esters is 1. The molecular weight excluding hydrogens is 541 g/mol. The molecule has 1 aliphatic carbocycles. The van der Waals surface area contributed by atoms with Gasteiger partial charge in [-0.2, -0.15) is 0 Å². The Bertz CT molecular complexity index is 1900. The lowest BCUT2D eigenvalue weighted by Gasteiger charge is -2.31. The van der Waals surface area contributed by atoms with E-state index in [1.54, 1.807) is 50.2 Å². The van der Waals surface area contributed by atoms with Gasteiger partial charge in [0, 0.05) is 22.6 Å². The van der Waals surface area contributed by atoms with Gasteiger partial charge in [0.05, 0.1) is 35.1 Å². The maximum atomic E-state index is 15.1. The molecule has 0 fully saturated rings. The van der Waals surface area contributed by atoms with Crippen molar-refractivity contribution in [3.8, 4) is 11.4 Å². The topological polar surface area (TPSA) is 131 Å². The molecule has 0 saturated heterocycles. The van der Waals surface area contributed by atoms with Gasteiger partial charge in [0.2, 0.25) is 0 Å². The van der Waals surface area contributed by atoms with Crippen molar-refractivity contribution in [2.75, 3.05) is 0 Å². The fourth-order valence-electron chi connectivity index (χ4n) is 6.74. The first-order valence-electron chi connectivity index (χ1n) is 14.0. The van der Waals surface area contributed by atoms with Gasteiger partial charge in [-0.25, -0.2) is 14.2 Å². The summed E-state index contributed by atoms with van der Waals surface area (Å²) in [6.07, 6.45) is -0.431. The van der Waals surface area contributed by atoms with E-state index in [0.29, 0.717) is 46.4 Å². The van der Waals surface area contributed by atoms with Crippen LogP contribution in [0.2, 0.25) is 0 Å². The molecular formula is C32H28FN3O6. The highest BCUT2D eigenvalue weighted by Crippen LogP contribution is 2.46. The second-order valence-electron chi connectivity index (χ2n) is 11.2. The highest BCUT2D eigenvalue weighted by atomic mass is 19.1. The maximum Gasteiger partial charge on any atom is 0.343 e. The number of benzene rings is 2. The number of ether oxygens (including phenoxy) is 1. The molecule has 4 heterocycles. The summed E-state index contributed by atoms with van der Waals surface area (Å²) < 4.78 is 21.8. The van der Waals surface area contributed by atoms with Gasteiger partial charge in [-0.1, -0.05) is 37.3 Å². The van der Waals surface area contributed by atoms with Crippen LogP contribution in [-0.2, 0) is 39.5 Å². The number of carbonyl (C=O) groups is 2. The third-order valence-electron chi connectivity index (χ3n) is 9.06. The zero-order valence-corrected chi connectivity index (χ0v) is 23.0. The number of fused-ring (bicyclic) bond motifs is 5. The molecule has 0 saturated carbocycles. The van der Waals surface area contributed by atoms with Crippen LogP contribution < -0.4 is 10.9 Å². The number of halogens is 1. The Morgan fingerprint density at radius 2 is 1.98 bits per heavy atom. The van der Waals surface area contributed by atoms with Crippen LogP contribution in [0.15, 0.2) is 47.3 Å². The van der Waals surface area contributed by atoms with Gasteiger partial charge >= 0.3 is 5.97 Å². The van der Waals surface area contributed by atoms with Crippen molar-refractivity contribution in [2.24, 2.45) is 0 Å². The van der Waals surface area contributed by atoms with E-state index in [-0.39, 0.29) is 30.7 Å². The van der Waals surface area contributed by atoms with Gasteiger partial charge in [-0.05, 0) is 54.5 Å². The first-order chi connectivity index (χ1) is 20.1. The number of amides is 1. The van der Waals surface area contributed by atoms with Gasteiger partial charge in [0.25, 0.3) is 11.5 Å². The molecule has 7 rings (SSSR count). The SMILES string of the molecule is CC[C@@]1(O)C(=O)OCc2c1cc1n(c2=O)Cc2c-1nc1cc(F)c(C)c3c1c2[C@@H](NC(=O)C(O)c1ccccc1)CC3. The summed E-state index contributed by atoms with van der Waals surface area (Å²) in [6.45, 7) is 3.24. The van der Waals surface area contributed by atoms with Crippen molar-refractivity contribution in [2.45, 2.75) is 64.0 Å². The molecule has 0 radical (unpaired) electrons. The third kappa shape index (κ3) is 3.61. The second-order valence-corrected chi connectivity index (χ2v) is 11.2. The van der Waals surface area contributed by atoms with Crippen molar-refractivity contribution in [1.82, 2.24) is 14.9 Å². The lowest BCUT2D eigenvalue weighted by atomic mass is 9.81. The predicted octanol–water partition coefficient (Wildman–Crippen LogP) is 3.36. The van der Waals surface area contributed by atoms with Gasteiger partial charge < -0.3 is 24.8 Å². The van der Waals surface area contributed by atoms with Crippen LogP contribution in [-0.4, -0.2) is 31.6 Å². The molecule has 3 aliphatic rings. The molecule has 0 bridgehead atoms. The Kier molecular flexibility index (Phi) is 5.87. The predicted molar refractivity (Wildman–Crippen MR) is 150 cm³/mol. The van der Waals surface area contributed by atoms with Crippen LogP contribution >= 0.6 is 0 Å². The first-order valence-corrected chi connectivity index (χ1v) is 14.0. The third-order valence-corrected chi connectivity index (χ3v) is 9.06. The van der Waals surface area contributed by atoms with E-state index in [1.165, 1.54) is 10.6 Å². The van der Waals surface area contributed by atoms with Crippen LogP contribution in [0.5, 0.6) is 0 Å². The van der Waals surface area contributed by atoms with Gasteiger partial charge in [0.15, 0.2) is 11.7 Å². The number of aromatic nitrogens is 2. The molecule has 42 heavy (non-hydrogen) atoms. The van der Waals surface area contributed by atoms with Gasteiger partial charge in [-0.3, -0.25) is 9.59 Å². The van der Waals surface area contributed by atoms with E-state index in [4.69, 9.17) is 9.72 Å². The molecule has 0 spiro atoms. The van der Waals surface area contributed by atoms with Crippen LogP contribution in [0.1, 0.15) is 70.9 Å². The molecule has 2 aliphatic heterocycles. The minimum absolute atomic E-state index is 0.0106. The summed E-state index contributed by atoms with van der Waals surface area (Å²) in [7, 11) is 0. The summed E-state index contributed by atoms with van der Waals surface area (Å²) in [5.74, 6) is -1.79. The Hall–Kier alpha value is -4.41. The largest absolute Gasteiger partial charge is 0.458 e. The standard InChI is InChI=1S/C32H28FN3O6/c1-3-32(41)20-11-24-27-18(13-36(24)30(39)19(20)14-42-31(32)40)26-22(35-29(38)28(37)16-7-5-4-6-8-16)10-9-17-15(2)21(33)12-23(34-27)25(17)26/h4-8,11-12,22,28,37,41H,3,9-10,13-14H2,1-2H3,(H,35,38)/t22-,28?,32-/m0/s1. The Morgan fingerprint density at radius 1 is 1.21 bits per heavy atom. The molecule has 3 atom stereocenters. The minimum atomic E-state index is -1.98. The van der Waals surface area contributed by atoms with E-state index in [9.17, 15) is 24.6 Å². The molecule has 3 N–H and O–H groups in total. The number of aryl methyl sites for hydroxylation is 1. The average molecular weight is 570 g/mol. The molecule has 9 nitrogen and oxygen atoms in total. The molecule has 1 unspecified atom stereocenters. The number of carbonyl (C=O) groups excluding carboxylic acids is 2. The van der Waals surface area contributed by atoms with Crippen molar-refractivity contribution in [1.29, 1.82) is 0 Å². The number of cyclic esters (lactones) is 1. The zero-order chi connectivity index (χ0) is 29.5. The van der Waals surface area contributed by atoms with Crippen molar-refractivity contribution in [3.63, 3.8) is 0 Å². The van der Waals surface area contributed by atoms with Crippen LogP contribution in [0.4, 0.5) is 4.39 Å². The van der Waals surface area contributed by atoms with E-state index in [2.05, 4.69) is 5.32 Å². The molecule has 4 aromatic rings. The lowest BCUT2D eigenvalue weighted by Crippen LogP contribution is -2.44. The number of pyridine rings is 2. The molecule has 2 aromatic carbocycles. The summed E-state index contributed by atoms with van der Waals surface area (Å²) in [5, 5.41) is 25.7. The zero-order valence-electron chi connectivity index (χ0n) is 23.0. The normalized spacial score (nSPS) is 20.9. The van der Waals surface area contributed by atoms with Gasteiger partial charge in [0.1, 0.15) is 12.4 Å². The second kappa shape index (κ2) is 9.30. The molecule has 10 heteroatoms. The number of nitrogens with one attached hydrogen (secondary N) is 1. The maximum absolute atomic E-state index is 15.1. The minimum Gasteiger partial charge on any atom is -0.458 e. The van der Waals surface area contributed by atoms with Crippen LogP contribution in [0.25, 0.3) is 22.3 Å². The summed E-state index contributed by atoms with van der Waals surface area (Å²) in [4.78, 5) is 44.4. The number of hydrogen-bond donors (Lipinski definition) is 3. The smallest absolute Gasteiger partial charge is 0.343 e. The fraction of sp³-hybridized carbons (Fsp3) is 0.312. The van der Waals surface area contributed by atoms with E-state index in [0.717, 1.165) is 16.5 Å². The van der Waals surface area contributed by atoms with E-state index < -0.39 is 41.0 Å². The number of nitrogens with zero attached hydrogens (tertiary/aromatic N) is 2. The average Bonchev–Trinajstić information content (AvgIpc) is 3.37. The Balaban J connectivity index is 1.42. The van der Waals surface area contributed by atoms with Crippen molar-refractivity contribution >= 4 is 22.8 Å². The highest BCUT2D eigenvalue weighted by Gasteiger charge is 2.46. The lowest BCUT2D eigenvalue weighted by molar-refractivity contribution is -0.172. The van der Waals surface area contributed by atoms with Crippen LogP contribution in [0.3, 0.4) is 0 Å². The Morgan fingerprint density at radius 3 is 2.71 bits per heavy atom. The highest BCUT2D eigenvalue weighted by molar-refractivity contribution is 5.94. The van der Waals surface area contributed by atoms with E-state index >= 15 is 4.39 Å². The van der Waals surface area contributed by atoms with Crippen LogP contribution in [0, 0.1) is 12.7 Å². The molecule has 1 amide bonds. The summed E-state index contributed by atoms with van der Waals surface area (Å²) in [5.41, 5.74) is 2.40. The molecule has 2 aromatic heterocycles. The van der Waals surface area contributed by atoms with Gasteiger partial charge in [-0.15, -0.1) is 0 Å². The molecule has 214 valence electrons. The first kappa shape index (κ1) is 26.5. The number of hydrogen-bond acceptors (Lipinski definition) is 7. The Labute approximate surface area is 239 Å². The van der Waals surface area contributed by atoms with Crippen molar-refractivity contribution < 1.29 is 28.9 Å². The summed E-state index contributed by atoms with van der Waals surface area (Å²) >= 11 is 0. The number of rotatable bonds is 4. The number of aliphatic hydroxyl groups is 2. The quantitative estimate of drug-likeness (QED) is 0.283.